The van der Waals surface area contributed by atoms with Crippen LogP contribution in [0.15, 0.2) is 40.9 Å². The van der Waals surface area contributed by atoms with Gasteiger partial charge in [-0.05, 0) is 55.4 Å². The molecule has 0 saturated carbocycles. The van der Waals surface area contributed by atoms with Gasteiger partial charge in [0, 0.05) is 43.1 Å². The Morgan fingerprint density at radius 1 is 1.11 bits per heavy atom. The number of likely N-dealkylation sites (tertiary alicyclic amines) is 1. The number of amides is 1. The van der Waals surface area contributed by atoms with Gasteiger partial charge < -0.3 is 19.8 Å². The van der Waals surface area contributed by atoms with Crippen molar-refractivity contribution in [3.63, 3.8) is 0 Å². The molecule has 1 amide bonds. The Morgan fingerprint density at radius 2 is 1.89 bits per heavy atom. The molecule has 2 aliphatic heterocycles. The molecule has 2 atom stereocenters. The zero-order valence-corrected chi connectivity index (χ0v) is 21.3. The third-order valence-electron chi connectivity index (χ3n) is 7.90. The predicted molar refractivity (Wildman–Crippen MR) is 138 cm³/mol. The molecule has 4 heterocycles. The third-order valence-corrected chi connectivity index (χ3v) is 7.90. The van der Waals surface area contributed by atoms with Crippen LogP contribution in [0.2, 0.25) is 0 Å². The van der Waals surface area contributed by atoms with Crippen LogP contribution in [0.25, 0.3) is 11.3 Å². The third kappa shape index (κ3) is 4.94. The summed E-state index contributed by atoms with van der Waals surface area (Å²) >= 11 is 0. The Morgan fingerprint density at radius 3 is 2.64 bits per heavy atom. The highest BCUT2D eigenvalue weighted by Crippen LogP contribution is 2.33. The fraction of sp³-hybridized carbons (Fsp3) is 0.500. The van der Waals surface area contributed by atoms with Crippen LogP contribution in [0.4, 0.5) is 5.82 Å². The van der Waals surface area contributed by atoms with E-state index in [9.17, 15) is 9.90 Å². The van der Waals surface area contributed by atoms with Crippen LogP contribution < -0.4 is 5.32 Å². The van der Waals surface area contributed by atoms with E-state index in [0.717, 1.165) is 61.6 Å². The van der Waals surface area contributed by atoms with Crippen molar-refractivity contribution in [3.05, 3.63) is 53.4 Å². The van der Waals surface area contributed by atoms with Gasteiger partial charge in [-0.2, -0.15) is 0 Å². The van der Waals surface area contributed by atoms with Crippen molar-refractivity contribution in [1.82, 2.24) is 20.3 Å². The van der Waals surface area contributed by atoms with Gasteiger partial charge in [-0.3, -0.25) is 4.79 Å². The van der Waals surface area contributed by atoms with Crippen LogP contribution >= 0.6 is 0 Å². The van der Waals surface area contributed by atoms with Gasteiger partial charge in [-0.1, -0.05) is 38.1 Å². The Bertz CT molecular complexity index is 1220. The molecule has 3 aromatic rings. The van der Waals surface area contributed by atoms with Crippen LogP contribution in [-0.4, -0.2) is 50.9 Å². The normalized spacial score (nSPS) is 19.4. The van der Waals surface area contributed by atoms with Crippen molar-refractivity contribution in [1.29, 1.82) is 0 Å². The molecular formula is C28H35N5O3. The molecule has 0 unspecified atom stereocenters. The molecule has 0 radical (unpaired) electrons. The summed E-state index contributed by atoms with van der Waals surface area (Å²) in [5.41, 5.74) is 3.34. The highest BCUT2D eigenvalue weighted by Gasteiger charge is 2.31. The number of rotatable bonds is 5. The molecule has 0 bridgehead atoms. The van der Waals surface area contributed by atoms with Gasteiger partial charge >= 0.3 is 0 Å². The molecule has 0 aliphatic carbocycles. The fourth-order valence-corrected chi connectivity index (χ4v) is 5.15. The second-order valence-electron chi connectivity index (χ2n) is 10.5. The second kappa shape index (κ2) is 10.3. The first-order valence-corrected chi connectivity index (χ1v) is 13.0. The zero-order valence-electron chi connectivity index (χ0n) is 21.3. The molecule has 5 rings (SSSR count). The first-order chi connectivity index (χ1) is 17.4. The van der Waals surface area contributed by atoms with E-state index in [2.05, 4.69) is 47.5 Å². The Kier molecular flexibility index (Phi) is 6.94. The summed E-state index contributed by atoms with van der Waals surface area (Å²) in [5, 5.41) is 26.5. The lowest BCUT2D eigenvalue weighted by Gasteiger charge is -2.33. The summed E-state index contributed by atoms with van der Waals surface area (Å²) < 4.78 is 5.63. The van der Waals surface area contributed by atoms with E-state index >= 15 is 0 Å². The quantitative estimate of drug-likeness (QED) is 0.521. The first-order valence-electron chi connectivity index (χ1n) is 13.0. The van der Waals surface area contributed by atoms with Gasteiger partial charge in [0.1, 0.15) is 11.5 Å². The molecule has 0 spiro atoms. The number of anilines is 1. The van der Waals surface area contributed by atoms with E-state index in [1.165, 1.54) is 0 Å². The minimum Gasteiger partial charge on any atom is -0.507 e. The number of nitrogens with one attached hydrogen (secondary N) is 1. The van der Waals surface area contributed by atoms with Crippen molar-refractivity contribution >= 4 is 11.7 Å². The number of fused-ring (bicyclic) bond motifs is 1. The number of phenols is 1. The number of aromatic nitrogens is 3. The largest absolute Gasteiger partial charge is 0.507 e. The van der Waals surface area contributed by atoms with Crippen LogP contribution in [-0.2, 0) is 11.2 Å². The summed E-state index contributed by atoms with van der Waals surface area (Å²) in [6.07, 6.45) is 3.30. The number of para-hydroxylation sites is 1. The van der Waals surface area contributed by atoms with Crippen LogP contribution in [0.5, 0.6) is 5.75 Å². The summed E-state index contributed by atoms with van der Waals surface area (Å²) in [6.45, 7) is 8.59. The van der Waals surface area contributed by atoms with Gasteiger partial charge in [0.2, 0.25) is 5.91 Å². The lowest BCUT2D eigenvalue weighted by molar-refractivity contribution is -0.136. The number of nitrogens with zero attached hydrogens (tertiary/aromatic N) is 4. The number of aromatic hydroxyl groups is 1. The predicted octanol–water partition coefficient (Wildman–Crippen LogP) is 4.98. The first kappa shape index (κ1) is 24.3. The molecule has 8 heteroatoms. The number of hydrogen-bond donors (Lipinski definition) is 2. The lowest BCUT2D eigenvalue weighted by Crippen LogP contribution is -2.43. The van der Waals surface area contributed by atoms with E-state index in [4.69, 9.17) is 4.52 Å². The number of benzene rings is 1. The van der Waals surface area contributed by atoms with E-state index in [1.807, 2.05) is 23.1 Å². The average Bonchev–Trinajstić information content (AvgIpc) is 3.29. The van der Waals surface area contributed by atoms with Gasteiger partial charge in [-0.25, -0.2) is 0 Å². The fourth-order valence-electron chi connectivity index (χ4n) is 5.15. The molecule has 1 saturated heterocycles. The van der Waals surface area contributed by atoms with E-state index in [0.29, 0.717) is 35.6 Å². The topological polar surface area (TPSA) is 104 Å². The maximum atomic E-state index is 13.4. The highest BCUT2D eigenvalue weighted by molar-refractivity contribution is 5.80. The van der Waals surface area contributed by atoms with Crippen molar-refractivity contribution in [3.8, 4) is 17.0 Å². The minimum atomic E-state index is -0.102. The van der Waals surface area contributed by atoms with Crippen LogP contribution in [0.1, 0.15) is 68.9 Å². The number of piperidine rings is 1. The molecule has 8 nitrogen and oxygen atoms in total. The van der Waals surface area contributed by atoms with Gasteiger partial charge in [-0.15, -0.1) is 10.2 Å². The van der Waals surface area contributed by atoms with E-state index < -0.39 is 0 Å². The monoisotopic (exact) mass is 489 g/mol. The standard InChI is InChI=1S/C28H35N5O3/c1-17(2)18(3)26-15-23(32-36-26)19-10-12-33(13-11-19)28(35)21-9-8-20-14-24(30-31-27(20)29-16-21)22-6-4-5-7-25(22)34/h4-7,14-15,17-19,21,34H,8-13,16H2,1-3H3,(H,29,31)/t18-,21-/m1/s1. The zero-order chi connectivity index (χ0) is 25.2. The molecule has 36 heavy (non-hydrogen) atoms. The Balaban J connectivity index is 1.19. The molecule has 190 valence electrons. The second-order valence-corrected chi connectivity index (χ2v) is 10.5. The number of carbonyl (C=O) groups is 1. The van der Waals surface area contributed by atoms with Crippen molar-refractivity contribution in [2.75, 3.05) is 25.0 Å². The summed E-state index contributed by atoms with van der Waals surface area (Å²) in [4.78, 5) is 15.4. The Hall–Kier alpha value is -3.42. The molecular weight excluding hydrogens is 454 g/mol. The maximum Gasteiger partial charge on any atom is 0.227 e. The van der Waals surface area contributed by atoms with Crippen LogP contribution in [0.3, 0.4) is 0 Å². The van der Waals surface area contributed by atoms with Crippen molar-refractivity contribution in [2.24, 2.45) is 11.8 Å². The van der Waals surface area contributed by atoms with E-state index in [-0.39, 0.29) is 17.6 Å². The number of phenolic OH excluding ortho intramolecular Hbond substituents is 1. The summed E-state index contributed by atoms with van der Waals surface area (Å²) in [7, 11) is 0. The number of carbonyl (C=O) groups excluding carboxylic acids is 1. The average molecular weight is 490 g/mol. The number of aryl methyl sites for hydroxylation is 1. The molecule has 2 aromatic heterocycles. The highest BCUT2D eigenvalue weighted by atomic mass is 16.5. The smallest absolute Gasteiger partial charge is 0.227 e. The van der Waals surface area contributed by atoms with E-state index in [1.54, 1.807) is 12.1 Å². The minimum absolute atomic E-state index is 0.102. The molecule has 1 aromatic carbocycles. The van der Waals surface area contributed by atoms with Gasteiger partial charge in [0.15, 0.2) is 5.82 Å². The van der Waals surface area contributed by atoms with Crippen molar-refractivity contribution < 1.29 is 14.4 Å². The van der Waals surface area contributed by atoms with Crippen LogP contribution in [0, 0.1) is 11.8 Å². The van der Waals surface area contributed by atoms with Gasteiger partial charge in [0.25, 0.3) is 0 Å². The maximum absolute atomic E-state index is 13.4. The van der Waals surface area contributed by atoms with Gasteiger partial charge in [0.05, 0.1) is 17.3 Å². The summed E-state index contributed by atoms with van der Waals surface area (Å²) in [6, 6.07) is 11.2. The molecule has 1 fully saturated rings. The molecule has 2 aliphatic rings. The number of hydrogen-bond acceptors (Lipinski definition) is 7. The van der Waals surface area contributed by atoms with Crippen molar-refractivity contribution in [2.45, 2.75) is 58.3 Å². The SMILES string of the molecule is CC(C)[C@@H](C)c1cc(C2CCN(C(=O)[C@@H]3CCc4cc(-c5ccccc5O)nnc4NC3)CC2)no1. The Labute approximate surface area is 212 Å². The summed E-state index contributed by atoms with van der Waals surface area (Å²) in [5.74, 6) is 3.15. The lowest BCUT2D eigenvalue weighted by atomic mass is 9.90. The molecule has 2 N–H and O–H groups in total.